The van der Waals surface area contributed by atoms with Gasteiger partial charge in [-0.25, -0.2) is 9.97 Å². The summed E-state index contributed by atoms with van der Waals surface area (Å²) in [6.07, 6.45) is 0. The minimum absolute atomic E-state index is 0.0986. The highest BCUT2D eigenvalue weighted by Gasteiger charge is 2.35. The van der Waals surface area contributed by atoms with Gasteiger partial charge in [-0.05, 0) is 94.0 Å². The van der Waals surface area contributed by atoms with Crippen molar-refractivity contribution >= 4 is 49.9 Å². The molecule has 2 aromatic heterocycles. The molecule has 0 aliphatic heterocycles. The highest BCUT2D eigenvalue weighted by atomic mass is 16.3. The molecule has 0 bridgehead atoms. The number of furan rings is 1. The molecule has 0 atom stereocenters. The fourth-order valence-electron chi connectivity index (χ4n) is 8.88. The van der Waals surface area contributed by atoms with Gasteiger partial charge in [-0.3, -0.25) is 0 Å². The van der Waals surface area contributed by atoms with Crippen LogP contribution in [0.2, 0.25) is 0 Å². The molecule has 0 saturated carbocycles. The maximum Gasteiger partial charge on any atom is 0.161 e. The van der Waals surface area contributed by atoms with Crippen molar-refractivity contribution < 1.29 is 4.42 Å². The maximum atomic E-state index is 6.62. The first-order valence-corrected chi connectivity index (χ1v) is 19.5. The second-order valence-electron chi connectivity index (χ2n) is 15.4. The first-order valence-electron chi connectivity index (χ1n) is 19.5. The lowest BCUT2D eigenvalue weighted by Crippen LogP contribution is -2.16. The van der Waals surface area contributed by atoms with Crippen molar-refractivity contribution in [2.45, 2.75) is 19.3 Å². The van der Waals surface area contributed by atoms with E-state index in [0.717, 1.165) is 77.9 Å². The van der Waals surface area contributed by atoms with Gasteiger partial charge in [0.2, 0.25) is 0 Å². The first kappa shape index (κ1) is 33.1. The average Bonchev–Trinajstić information content (AvgIpc) is 3.75. The number of anilines is 3. The van der Waals surface area contributed by atoms with Gasteiger partial charge in [0.05, 0.1) is 11.2 Å². The minimum atomic E-state index is -0.0986. The Morgan fingerprint density at radius 1 is 0.439 bits per heavy atom. The number of nitrogens with zero attached hydrogens (tertiary/aromatic N) is 3. The van der Waals surface area contributed by atoms with E-state index in [2.05, 4.69) is 176 Å². The molecule has 1 aliphatic carbocycles. The lowest BCUT2D eigenvalue weighted by Gasteiger charge is -2.28. The van der Waals surface area contributed by atoms with Gasteiger partial charge >= 0.3 is 0 Å². The molecule has 0 radical (unpaired) electrons. The summed E-state index contributed by atoms with van der Waals surface area (Å²) in [6.45, 7) is 4.67. The normalized spacial score (nSPS) is 12.9. The maximum absolute atomic E-state index is 6.62. The molecule has 0 unspecified atom stereocenters. The third kappa shape index (κ3) is 5.37. The highest BCUT2D eigenvalue weighted by Crippen LogP contribution is 2.51. The summed E-state index contributed by atoms with van der Waals surface area (Å²) in [4.78, 5) is 12.7. The zero-order valence-electron chi connectivity index (χ0n) is 31.6. The number of para-hydroxylation sites is 2. The van der Waals surface area contributed by atoms with Crippen LogP contribution in [0, 0.1) is 0 Å². The van der Waals surface area contributed by atoms with Crippen molar-refractivity contribution in [1.82, 2.24) is 9.97 Å². The fourth-order valence-corrected chi connectivity index (χ4v) is 8.88. The molecule has 4 nitrogen and oxygen atoms in total. The molecule has 0 saturated heterocycles. The molecule has 0 N–H and O–H groups in total. The van der Waals surface area contributed by atoms with Gasteiger partial charge in [-0.15, -0.1) is 0 Å². The second-order valence-corrected chi connectivity index (χ2v) is 15.4. The second kappa shape index (κ2) is 12.9. The Kier molecular flexibility index (Phi) is 7.48. The molecule has 0 amide bonds. The van der Waals surface area contributed by atoms with Gasteiger partial charge in [-0.2, -0.15) is 0 Å². The average molecular weight is 732 g/mol. The van der Waals surface area contributed by atoms with E-state index in [1.165, 1.54) is 22.3 Å². The number of hydrogen-bond donors (Lipinski definition) is 0. The lowest BCUT2D eigenvalue weighted by molar-refractivity contribution is 0.660. The van der Waals surface area contributed by atoms with Gasteiger partial charge in [0.15, 0.2) is 5.82 Å². The van der Waals surface area contributed by atoms with E-state index in [9.17, 15) is 0 Å². The summed E-state index contributed by atoms with van der Waals surface area (Å²) in [5, 5.41) is 3.07. The molecule has 11 rings (SSSR count). The van der Waals surface area contributed by atoms with E-state index in [-0.39, 0.29) is 5.41 Å². The summed E-state index contributed by atoms with van der Waals surface area (Å²) in [7, 11) is 0. The Labute approximate surface area is 331 Å². The highest BCUT2D eigenvalue weighted by molar-refractivity contribution is 6.13. The van der Waals surface area contributed by atoms with Crippen LogP contribution in [0.25, 0.3) is 77.7 Å². The van der Waals surface area contributed by atoms with Gasteiger partial charge in [0.1, 0.15) is 11.2 Å². The SMILES string of the molecule is CC1(C)c2ccccc2-c2ccc(N(c3ccccc3)c3cccc(-c4ccc5c(c4)oc4cccc(-c6nc(-c7ccccc7)c7ccccc7n6)c45)c3)cc21. The molecule has 0 fully saturated rings. The van der Waals surface area contributed by atoms with Crippen molar-refractivity contribution in [1.29, 1.82) is 0 Å². The van der Waals surface area contributed by atoms with E-state index in [4.69, 9.17) is 14.4 Å². The Bertz CT molecular complexity index is 3160. The largest absolute Gasteiger partial charge is 0.456 e. The van der Waals surface area contributed by atoms with Crippen LogP contribution in [0.5, 0.6) is 0 Å². The number of rotatable bonds is 6. The zero-order chi connectivity index (χ0) is 38.1. The van der Waals surface area contributed by atoms with Crippen LogP contribution in [0.3, 0.4) is 0 Å². The van der Waals surface area contributed by atoms with E-state index >= 15 is 0 Å². The summed E-state index contributed by atoms with van der Waals surface area (Å²) in [5.74, 6) is 0.678. The van der Waals surface area contributed by atoms with Crippen LogP contribution in [-0.4, -0.2) is 9.97 Å². The predicted molar refractivity (Wildman–Crippen MR) is 235 cm³/mol. The molecular formula is C53H37N3O. The summed E-state index contributed by atoms with van der Waals surface area (Å²) in [5.41, 5.74) is 16.2. The molecule has 270 valence electrons. The van der Waals surface area contributed by atoms with Crippen LogP contribution in [0.4, 0.5) is 17.1 Å². The quantitative estimate of drug-likeness (QED) is 0.171. The molecule has 57 heavy (non-hydrogen) atoms. The Hall–Kier alpha value is -7.30. The number of benzene rings is 8. The Balaban J connectivity index is 1.01. The van der Waals surface area contributed by atoms with Gasteiger partial charge in [0.25, 0.3) is 0 Å². The van der Waals surface area contributed by atoms with Crippen molar-refractivity contribution in [2.75, 3.05) is 4.90 Å². The van der Waals surface area contributed by atoms with Gasteiger partial charge in [0, 0.05) is 49.8 Å². The third-order valence-electron chi connectivity index (χ3n) is 11.7. The third-order valence-corrected chi connectivity index (χ3v) is 11.7. The smallest absolute Gasteiger partial charge is 0.161 e. The summed E-state index contributed by atoms with van der Waals surface area (Å²) in [6, 6.07) is 66.5. The monoisotopic (exact) mass is 731 g/mol. The summed E-state index contributed by atoms with van der Waals surface area (Å²) >= 11 is 0. The lowest BCUT2D eigenvalue weighted by atomic mass is 9.82. The topological polar surface area (TPSA) is 42.2 Å². The van der Waals surface area contributed by atoms with Crippen LogP contribution in [0.15, 0.2) is 192 Å². The number of aromatic nitrogens is 2. The molecule has 10 aromatic rings. The van der Waals surface area contributed by atoms with E-state index in [0.29, 0.717) is 5.82 Å². The van der Waals surface area contributed by atoms with Crippen molar-refractivity contribution in [3.63, 3.8) is 0 Å². The van der Waals surface area contributed by atoms with E-state index < -0.39 is 0 Å². The predicted octanol–water partition coefficient (Wildman–Crippen LogP) is 14.3. The van der Waals surface area contributed by atoms with E-state index in [1.54, 1.807) is 0 Å². The number of fused-ring (bicyclic) bond motifs is 7. The van der Waals surface area contributed by atoms with Crippen molar-refractivity contribution in [3.05, 3.63) is 199 Å². The zero-order valence-corrected chi connectivity index (χ0v) is 31.6. The Morgan fingerprint density at radius 2 is 1.11 bits per heavy atom. The fraction of sp³-hybridized carbons (Fsp3) is 0.0566. The minimum Gasteiger partial charge on any atom is -0.456 e. The molecule has 0 spiro atoms. The van der Waals surface area contributed by atoms with Crippen LogP contribution >= 0.6 is 0 Å². The molecule has 2 heterocycles. The van der Waals surface area contributed by atoms with Crippen LogP contribution in [0.1, 0.15) is 25.0 Å². The summed E-state index contributed by atoms with van der Waals surface area (Å²) < 4.78 is 6.62. The van der Waals surface area contributed by atoms with Gasteiger partial charge in [-0.1, -0.05) is 141 Å². The molecule has 4 heteroatoms. The Morgan fingerprint density at radius 3 is 1.98 bits per heavy atom. The molecule has 8 aromatic carbocycles. The van der Waals surface area contributed by atoms with E-state index in [1.807, 2.05) is 30.3 Å². The standard InChI is InChI=1S/C53H37N3O/c1-53(2)45-24-11-9-21-40(45)41-30-28-39(33-46(41)53)56(37-18-7-4-8-19-37)38-20-13-17-35(31-38)36-27-29-43-49(32-36)57-48-26-14-23-44(50(43)48)52-54-47-25-12-10-22-42(47)51(55-52)34-15-5-3-6-16-34/h3-33H,1-2H3. The molecular weight excluding hydrogens is 695 g/mol. The van der Waals surface area contributed by atoms with Gasteiger partial charge < -0.3 is 9.32 Å². The van der Waals surface area contributed by atoms with Crippen LogP contribution < -0.4 is 4.90 Å². The number of hydrogen-bond acceptors (Lipinski definition) is 4. The van der Waals surface area contributed by atoms with Crippen LogP contribution in [-0.2, 0) is 5.41 Å². The first-order chi connectivity index (χ1) is 28.0. The molecule has 1 aliphatic rings. The van der Waals surface area contributed by atoms with Crippen molar-refractivity contribution in [2.24, 2.45) is 0 Å². The van der Waals surface area contributed by atoms with Crippen molar-refractivity contribution in [3.8, 4) is 44.9 Å².